The molecule has 6 heterocycles. The van der Waals surface area contributed by atoms with Crippen LogP contribution in [0, 0.1) is 0 Å². The number of morpholine rings is 1. The fourth-order valence-corrected chi connectivity index (χ4v) is 6.93. The first-order valence-electron chi connectivity index (χ1n) is 14.4. The molecule has 2 bridgehead atoms. The molecular formula is C29H33F3N6O3. The van der Waals surface area contributed by atoms with Gasteiger partial charge in [0.15, 0.2) is 0 Å². The number of aromatic nitrogens is 2. The van der Waals surface area contributed by atoms with Crippen molar-refractivity contribution in [3.05, 3.63) is 41.1 Å². The summed E-state index contributed by atoms with van der Waals surface area (Å²) in [5, 5.41) is 6.25. The van der Waals surface area contributed by atoms with E-state index in [1.165, 1.54) is 0 Å². The second kappa shape index (κ2) is 10.1. The Kier molecular flexibility index (Phi) is 6.50. The molecule has 1 aromatic carbocycles. The lowest BCUT2D eigenvalue weighted by atomic mass is 9.98. The van der Waals surface area contributed by atoms with Crippen molar-refractivity contribution in [2.24, 2.45) is 0 Å². The molecule has 0 radical (unpaired) electrons. The number of halogens is 3. The number of benzene rings is 1. The Hall–Kier alpha value is -3.51. The Bertz CT molecular complexity index is 1480. The molecule has 2 aromatic heterocycles. The number of H-pyrrole nitrogens is 1. The van der Waals surface area contributed by atoms with Crippen molar-refractivity contribution in [3.8, 4) is 5.75 Å². The molecule has 218 valence electrons. The Balaban J connectivity index is 1.10. The van der Waals surface area contributed by atoms with E-state index < -0.39 is 11.7 Å². The standard InChI is InChI=1S/C29H33F3N6O3/c1-2-33-23-12-24(36-27-25(23)21(13-34-27)29(30,31)32)35-22-4-3-20(19-7-10-40-26(19)22)28(39)37-8-5-16(6-9-37)38-14-18-11-17(38)15-41-18/h3-4,12-13,16-18H,2,5-11,14-15H2,1H3,(H3,33,34,35,36)/t17-,18-/m0/s1. The van der Waals surface area contributed by atoms with Gasteiger partial charge in [-0.15, -0.1) is 0 Å². The lowest BCUT2D eigenvalue weighted by Gasteiger charge is -2.40. The van der Waals surface area contributed by atoms with Crippen molar-refractivity contribution in [3.63, 3.8) is 0 Å². The summed E-state index contributed by atoms with van der Waals surface area (Å²) < 4.78 is 52.5. The number of hydrogen-bond acceptors (Lipinski definition) is 7. The summed E-state index contributed by atoms with van der Waals surface area (Å²) in [6.45, 7) is 6.01. The van der Waals surface area contributed by atoms with E-state index in [4.69, 9.17) is 9.47 Å². The first kappa shape index (κ1) is 26.4. The van der Waals surface area contributed by atoms with Crippen LogP contribution in [-0.4, -0.2) is 83.3 Å². The number of amides is 1. The number of aromatic amines is 1. The molecule has 7 rings (SSSR count). The fourth-order valence-electron chi connectivity index (χ4n) is 6.93. The third kappa shape index (κ3) is 4.66. The van der Waals surface area contributed by atoms with Crippen LogP contribution in [0.2, 0.25) is 0 Å². The highest BCUT2D eigenvalue weighted by Crippen LogP contribution is 2.42. The van der Waals surface area contributed by atoms with Crippen LogP contribution in [-0.2, 0) is 17.3 Å². The predicted molar refractivity (Wildman–Crippen MR) is 148 cm³/mol. The number of nitrogens with one attached hydrogen (secondary N) is 3. The third-order valence-electron chi connectivity index (χ3n) is 8.83. The summed E-state index contributed by atoms with van der Waals surface area (Å²) in [7, 11) is 0. The number of anilines is 3. The van der Waals surface area contributed by atoms with Crippen LogP contribution < -0.4 is 15.4 Å². The monoisotopic (exact) mass is 570 g/mol. The number of hydrogen-bond donors (Lipinski definition) is 3. The first-order valence-corrected chi connectivity index (χ1v) is 14.4. The van der Waals surface area contributed by atoms with Crippen LogP contribution in [0.25, 0.3) is 11.0 Å². The lowest BCUT2D eigenvalue weighted by molar-refractivity contribution is -0.136. The maximum atomic E-state index is 13.6. The van der Waals surface area contributed by atoms with Gasteiger partial charge in [-0.05, 0) is 38.3 Å². The second-order valence-corrected chi connectivity index (χ2v) is 11.3. The van der Waals surface area contributed by atoms with Gasteiger partial charge in [0.1, 0.15) is 17.2 Å². The van der Waals surface area contributed by atoms with Gasteiger partial charge in [-0.3, -0.25) is 9.69 Å². The van der Waals surface area contributed by atoms with Gasteiger partial charge in [-0.25, -0.2) is 4.98 Å². The van der Waals surface area contributed by atoms with Crippen LogP contribution in [0.3, 0.4) is 0 Å². The number of likely N-dealkylation sites (tertiary alicyclic amines) is 2. The molecule has 0 aliphatic carbocycles. The molecule has 1 amide bonds. The normalized spacial score (nSPS) is 22.8. The molecule has 3 N–H and O–H groups in total. The van der Waals surface area contributed by atoms with Crippen LogP contribution in [0.1, 0.15) is 47.7 Å². The molecule has 3 aromatic rings. The Labute approximate surface area is 235 Å². The summed E-state index contributed by atoms with van der Waals surface area (Å²) in [6, 6.07) is 6.21. The van der Waals surface area contributed by atoms with Gasteiger partial charge in [0, 0.05) is 73.8 Å². The zero-order chi connectivity index (χ0) is 28.3. The molecule has 4 aliphatic rings. The summed E-state index contributed by atoms with van der Waals surface area (Å²) in [5.74, 6) is 0.972. The molecule has 9 nitrogen and oxygen atoms in total. The van der Waals surface area contributed by atoms with Crippen molar-refractivity contribution in [2.75, 3.05) is 50.0 Å². The summed E-state index contributed by atoms with van der Waals surface area (Å²) in [4.78, 5) is 25.2. The van der Waals surface area contributed by atoms with Gasteiger partial charge in [0.05, 0.1) is 36.0 Å². The predicted octanol–water partition coefficient (Wildman–Crippen LogP) is 4.77. The molecule has 4 aliphatic heterocycles. The van der Waals surface area contributed by atoms with Crippen LogP contribution >= 0.6 is 0 Å². The van der Waals surface area contributed by atoms with Gasteiger partial charge in [0.2, 0.25) is 0 Å². The zero-order valence-corrected chi connectivity index (χ0v) is 22.8. The van der Waals surface area contributed by atoms with E-state index in [-0.39, 0.29) is 16.9 Å². The average molecular weight is 571 g/mol. The molecule has 0 saturated carbocycles. The van der Waals surface area contributed by atoms with Crippen molar-refractivity contribution >= 4 is 34.1 Å². The highest BCUT2D eigenvalue weighted by atomic mass is 19.4. The van der Waals surface area contributed by atoms with Gasteiger partial charge in [-0.2, -0.15) is 13.2 Å². The van der Waals surface area contributed by atoms with E-state index in [2.05, 4.69) is 25.5 Å². The first-order chi connectivity index (χ1) is 19.8. The van der Waals surface area contributed by atoms with E-state index in [1.807, 2.05) is 17.9 Å². The second-order valence-electron chi connectivity index (χ2n) is 11.3. The van der Waals surface area contributed by atoms with Crippen molar-refractivity contribution in [1.29, 1.82) is 0 Å². The molecule has 3 fully saturated rings. The summed E-state index contributed by atoms with van der Waals surface area (Å²) >= 11 is 0. The quantitative estimate of drug-likeness (QED) is 0.393. The van der Waals surface area contributed by atoms with E-state index in [0.29, 0.717) is 66.3 Å². The van der Waals surface area contributed by atoms with Gasteiger partial charge in [-0.1, -0.05) is 0 Å². The highest BCUT2D eigenvalue weighted by molar-refractivity contribution is 5.98. The molecule has 3 saturated heterocycles. The number of nitrogens with zero attached hydrogens (tertiary/aromatic N) is 3. The molecular weight excluding hydrogens is 537 g/mol. The van der Waals surface area contributed by atoms with Gasteiger partial charge >= 0.3 is 6.18 Å². The van der Waals surface area contributed by atoms with E-state index in [9.17, 15) is 18.0 Å². The molecule has 2 atom stereocenters. The third-order valence-corrected chi connectivity index (χ3v) is 8.83. The number of ether oxygens (including phenoxy) is 2. The molecule has 12 heteroatoms. The van der Waals surface area contributed by atoms with Gasteiger partial charge < -0.3 is 30.0 Å². The fraction of sp³-hybridized carbons (Fsp3) is 0.517. The molecule has 0 spiro atoms. The Morgan fingerprint density at radius 3 is 2.73 bits per heavy atom. The highest BCUT2D eigenvalue weighted by Gasteiger charge is 2.43. The Morgan fingerprint density at radius 2 is 2.02 bits per heavy atom. The number of piperidine rings is 1. The van der Waals surface area contributed by atoms with Crippen LogP contribution in [0.5, 0.6) is 5.75 Å². The minimum atomic E-state index is -4.51. The maximum Gasteiger partial charge on any atom is 0.418 e. The number of alkyl halides is 3. The largest absolute Gasteiger partial charge is 0.491 e. The van der Waals surface area contributed by atoms with Crippen LogP contribution in [0.4, 0.5) is 30.4 Å². The van der Waals surface area contributed by atoms with Crippen molar-refractivity contribution < 1.29 is 27.4 Å². The molecule has 0 unspecified atom stereocenters. The average Bonchev–Trinajstić information content (AvgIpc) is 3.77. The smallest absolute Gasteiger partial charge is 0.418 e. The topological polar surface area (TPSA) is 94.8 Å². The minimum Gasteiger partial charge on any atom is -0.491 e. The van der Waals surface area contributed by atoms with E-state index >= 15 is 0 Å². The Morgan fingerprint density at radius 1 is 1.20 bits per heavy atom. The van der Waals surface area contributed by atoms with E-state index in [0.717, 1.165) is 57.3 Å². The summed E-state index contributed by atoms with van der Waals surface area (Å²) in [6.07, 6.45) is 0.477. The number of rotatable bonds is 6. The minimum absolute atomic E-state index is 0.00154. The summed E-state index contributed by atoms with van der Waals surface area (Å²) in [5.41, 5.74) is 1.81. The zero-order valence-electron chi connectivity index (χ0n) is 22.8. The van der Waals surface area contributed by atoms with E-state index in [1.54, 1.807) is 12.1 Å². The number of fused-ring (bicyclic) bond motifs is 4. The number of carbonyl (C=O) groups is 1. The number of carbonyl (C=O) groups excluding carboxylic acids is 1. The number of pyridine rings is 1. The lowest BCUT2D eigenvalue weighted by Crippen LogP contribution is -2.50. The SMILES string of the molecule is CCNc1cc(Nc2ccc(C(=O)N3CCC(N4C[C@@H]5C[C@H]4CO5)CC3)c3c2OCC3)nc2[nH]cc(C(F)(F)F)c12. The molecule has 41 heavy (non-hydrogen) atoms. The maximum absolute atomic E-state index is 13.6. The van der Waals surface area contributed by atoms with Crippen molar-refractivity contribution in [1.82, 2.24) is 19.8 Å². The van der Waals surface area contributed by atoms with Crippen molar-refractivity contribution in [2.45, 2.75) is 57.0 Å². The van der Waals surface area contributed by atoms with Crippen LogP contribution in [0.15, 0.2) is 24.4 Å². The van der Waals surface area contributed by atoms with Gasteiger partial charge in [0.25, 0.3) is 5.91 Å².